The first-order valence-corrected chi connectivity index (χ1v) is 6.98. The molecule has 2 aromatic heterocycles. The van der Waals surface area contributed by atoms with E-state index in [1.165, 1.54) is 12.5 Å². The maximum atomic E-state index is 12.4. The number of furan rings is 1. The van der Waals surface area contributed by atoms with Gasteiger partial charge >= 0.3 is 0 Å². The molecule has 0 unspecified atom stereocenters. The molecule has 3 heterocycles. The fraction of sp³-hybridized carbons (Fsp3) is 0.267. The van der Waals surface area contributed by atoms with Gasteiger partial charge in [0.15, 0.2) is 5.76 Å². The highest BCUT2D eigenvalue weighted by Crippen LogP contribution is 2.15. The maximum absolute atomic E-state index is 12.4. The Hall–Kier alpha value is -2.83. The molecule has 0 radical (unpaired) electrons. The van der Waals surface area contributed by atoms with Crippen molar-refractivity contribution in [2.75, 3.05) is 31.9 Å². The predicted molar refractivity (Wildman–Crippen MR) is 79.2 cm³/mol. The van der Waals surface area contributed by atoms with Gasteiger partial charge in [-0.25, -0.2) is 0 Å². The van der Waals surface area contributed by atoms with Crippen molar-refractivity contribution in [2.45, 2.75) is 0 Å². The van der Waals surface area contributed by atoms with Crippen LogP contribution >= 0.6 is 0 Å². The zero-order valence-corrected chi connectivity index (χ0v) is 11.9. The number of hydrogen-bond donors (Lipinski definition) is 1. The monoisotopic (exact) mass is 300 g/mol. The molecule has 2 N–H and O–H groups in total. The molecule has 1 saturated heterocycles. The molecule has 2 aromatic rings. The van der Waals surface area contributed by atoms with Gasteiger partial charge in [0.05, 0.1) is 11.8 Å². The Labute approximate surface area is 127 Å². The van der Waals surface area contributed by atoms with Crippen molar-refractivity contribution in [3.05, 3.63) is 48.2 Å². The number of nitrogen functional groups attached to an aromatic ring is 1. The van der Waals surface area contributed by atoms with Crippen LogP contribution in [0.1, 0.15) is 20.9 Å². The van der Waals surface area contributed by atoms with E-state index in [0.717, 1.165) is 0 Å². The van der Waals surface area contributed by atoms with Gasteiger partial charge in [-0.2, -0.15) is 0 Å². The quantitative estimate of drug-likeness (QED) is 0.887. The number of hydrogen-bond acceptors (Lipinski definition) is 5. The summed E-state index contributed by atoms with van der Waals surface area (Å²) in [6.45, 7) is 1.84. The van der Waals surface area contributed by atoms with E-state index >= 15 is 0 Å². The van der Waals surface area contributed by atoms with Gasteiger partial charge in [0.25, 0.3) is 11.8 Å². The Morgan fingerprint density at radius 3 is 2.36 bits per heavy atom. The Kier molecular flexibility index (Phi) is 3.78. The lowest BCUT2D eigenvalue weighted by Crippen LogP contribution is -2.50. The van der Waals surface area contributed by atoms with E-state index in [1.807, 2.05) is 0 Å². The first kappa shape index (κ1) is 14.1. The SMILES string of the molecule is Nc1ccncc1C(=O)N1CCN(C(=O)c2ccco2)CC1. The standard InChI is InChI=1S/C15H16N4O3/c16-12-3-4-17-10-11(12)14(20)18-5-7-19(8-6-18)15(21)13-2-1-9-22-13/h1-4,9-10H,5-8H2,(H2,16,17). The third-order valence-electron chi connectivity index (χ3n) is 3.67. The summed E-state index contributed by atoms with van der Waals surface area (Å²) in [5.41, 5.74) is 6.61. The minimum Gasteiger partial charge on any atom is -0.459 e. The van der Waals surface area contributed by atoms with Crippen molar-refractivity contribution < 1.29 is 14.0 Å². The van der Waals surface area contributed by atoms with Gasteiger partial charge < -0.3 is 20.0 Å². The molecule has 114 valence electrons. The third-order valence-corrected chi connectivity index (χ3v) is 3.67. The third kappa shape index (κ3) is 2.65. The molecule has 1 fully saturated rings. The first-order chi connectivity index (χ1) is 10.7. The zero-order chi connectivity index (χ0) is 15.5. The van der Waals surface area contributed by atoms with E-state index in [0.29, 0.717) is 43.2 Å². The van der Waals surface area contributed by atoms with Crippen LogP contribution in [0, 0.1) is 0 Å². The van der Waals surface area contributed by atoms with E-state index in [4.69, 9.17) is 10.2 Å². The maximum Gasteiger partial charge on any atom is 0.289 e. The number of amides is 2. The minimum atomic E-state index is -0.157. The normalized spacial score (nSPS) is 14.9. The summed E-state index contributed by atoms with van der Waals surface area (Å²) < 4.78 is 5.11. The fourth-order valence-electron chi connectivity index (χ4n) is 2.42. The lowest BCUT2D eigenvalue weighted by Gasteiger charge is -2.34. The van der Waals surface area contributed by atoms with Crippen LogP contribution in [0.2, 0.25) is 0 Å². The van der Waals surface area contributed by atoms with Gasteiger partial charge in [-0.05, 0) is 18.2 Å². The molecule has 3 rings (SSSR count). The number of carbonyl (C=O) groups excluding carboxylic acids is 2. The lowest BCUT2D eigenvalue weighted by atomic mass is 10.2. The van der Waals surface area contributed by atoms with Gasteiger partial charge in [0, 0.05) is 44.3 Å². The van der Waals surface area contributed by atoms with Gasteiger partial charge in [-0.15, -0.1) is 0 Å². The van der Waals surface area contributed by atoms with Crippen molar-refractivity contribution in [3.8, 4) is 0 Å². The largest absolute Gasteiger partial charge is 0.459 e. The molecule has 7 nitrogen and oxygen atoms in total. The second kappa shape index (κ2) is 5.88. The number of nitrogens with two attached hydrogens (primary N) is 1. The molecule has 0 aliphatic carbocycles. The van der Waals surface area contributed by atoms with E-state index in [1.54, 1.807) is 34.2 Å². The van der Waals surface area contributed by atoms with Crippen LogP contribution in [0.25, 0.3) is 0 Å². The van der Waals surface area contributed by atoms with Crippen molar-refractivity contribution in [1.29, 1.82) is 0 Å². The highest BCUT2D eigenvalue weighted by molar-refractivity contribution is 5.99. The second-order valence-electron chi connectivity index (χ2n) is 5.02. The minimum absolute atomic E-state index is 0.155. The molecule has 2 amide bonds. The van der Waals surface area contributed by atoms with Crippen molar-refractivity contribution >= 4 is 17.5 Å². The van der Waals surface area contributed by atoms with E-state index in [9.17, 15) is 9.59 Å². The summed E-state index contributed by atoms with van der Waals surface area (Å²) in [6.07, 6.45) is 4.49. The topological polar surface area (TPSA) is 92.7 Å². The molecule has 1 aliphatic rings. The number of nitrogens with zero attached hydrogens (tertiary/aromatic N) is 3. The van der Waals surface area contributed by atoms with Crippen molar-refractivity contribution in [3.63, 3.8) is 0 Å². The zero-order valence-electron chi connectivity index (χ0n) is 11.9. The van der Waals surface area contributed by atoms with Crippen LogP contribution in [0.5, 0.6) is 0 Å². The number of aromatic nitrogens is 1. The van der Waals surface area contributed by atoms with Crippen LogP contribution in [0.4, 0.5) is 5.69 Å². The summed E-state index contributed by atoms with van der Waals surface area (Å²) in [7, 11) is 0. The van der Waals surface area contributed by atoms with Crippen LogP contribution < -0.4 is 5.73 Å². The lowest BCUT2D eigenvalue weighted by molar-refractivity contribution is 0.0518. The van der Waals surface area contributed by atoms with Crippen LogP contribution in [-0.4, -0.2) is 52.8 Å². The smallest absolute Gasteiger partial charge is 0.289 e. The molecule has 0 saturated carbocycles. The Morgan fingerprint density at radius 2 is 1.77 bits per heavy atom. The number of carbonyl (C=O) groups is 2. The summed E-state index contributed by atoms with van der Waals surface area (Å²) in [4.78, 5) is 31.9. The summed E-state index contributed by atoms with van der Waals surface area (Å²) in [5, 5.41) is 0. The molecular weight excluding hydrogens is 284 g/mol. The molecular formula is C15H16N4O3. The molecule has 0 aromatic carbocycles. The Morgan fingerprint density at radius 1 is 1.09 bits per heavy atom. The molecule has 7 heteroatoms. The second-order valence-corrected chi connectivity index (χ2v) is 5.02. The number of anilines is 1. The molecule has 22 heavy (non-hydrogen) atoms. The fourth-order valence-corrected chi connectivity index (χ4v) is 2.42. The predicted octanol–water partition coefficient (Wildman–Crippen LogP) is 0.855. The average molecular weight is 300 g/mol. The highest BCUT2D eigenvalue weighted by Gasteiger charge is 2.27. The highest BCUT2D eigenvalue weighted by atomic mass is 16.3. The van der Waals surface area contributed by atoms with Crippen molar-refractivity contribution in [2.24, 2.45) is 0 Å². The number of piperazine rings is 1. The number of pyridine rings is 1. The Bertz CT molecular complexity index is 676. The Balaban J connectivity index is 1.63. The molecule has 0 atom stereocenters. The van der Waals surface area contributed by atoms with Crippen LogP contribution in [0.15, 0.2) is 41.3 Å². The first-order valence-electron chi connectivity index (χ1n) is 6.98. The number of rotatable bonds is 2. The molecule has 1 aliphatic heterocycles. The molecule has 0 spiro atoms. The van der Waals surface area contributed by atoms with Gasteiger partial charge in [0.2, 0.25) is 0 Å². The summed E-state index contributed by atoms with van der Waals surface area (Å²) in [6, 6.07) is 4.91. The van der Waals surface area contributed by atoms with E-state index in [-0.39, 0.29) is 11.8 Å². The molecule has 0 bridgehead atoms. The van der Waals surface area contributed by atoms with Crippen LogP contribution in [0.3, 0.4) is 0 Å². The van der Waals surface area contributed by atoms with Gasteiger partial charge in [-0.1, -0.05) is 0 Å². The summed E-state index contributed by atoms with van der Waals surface area (Å²) >= 11 is 0. The summed E-state index contributed by atoms with van der Waals surface area (Å²) in [5.74, 6) is 0.00460. The van der Waals surface area contributed by atoms with Gasteiger partial charge in [-0.3, -0.25) is 14.6 Å². The van der Waals surface area contributed by atoms with E-state index < -0.39 is 0 Å². The van der Waals surface area contributed by atoms with Crippen molar-refractivity contribution in [1.82, 2.24) is 14.8 Å². The van der Waals surface area contributed by atoms with Gasteiger partial charge in [0.1, 0.15) is 0 Å². The van der Waals surface area contributed by atoms with E-state index in [2.05, 4.69) is 4.98 Å². The average Bonchev–Trinajstić information content (AvgIpc) is 3.09. The van der Waals surface area contributed by atoms with Crippen LogP contribution in [-0.2, 0) is 0 Å².